The van der Waals surface area contributed by atoms with Gasteiger partial charge in [-0.05, 0) is 44.2 Å². The molecule has 1 aliphatic rings. The van der Waals surface area contributed by atoms with Gasteiger partial charge in [0.05, 0.1) is 16.8 Å². The van der Waals surface area contributed by atoms with Crippen LogP contribution in [0.25, 0.3) is 0 Å². The molecule has 0 fully saturated rings. The number of thiazole rings is 1. The summed E-state index contributed by atoms with van der Waals surface area (Å²) in [5.41, 5.74) is 6.14. The van der Waals surface area contributed by atoms with Crippen LogP contribution in [0.3, 0.4) is 0 Å². The molecular weight excluding hydrogens is 292 g/mol. The molecule has 4 nitrogen and oxygen atoms in total. The standard InChI is InChI=1S/C17H20N4S/c1-12-16(22-11-19-12)7-8-21(2)17-14(10-18)9-13-5-3-4-6-15(13)20-17/h9,11H,3-8H2,1-2H3. The molecule has 0 radical (unpaired) electrons. The summed E-state index contributed by atoms with van der Waals surface area (Å²) in [4.78, 5) is 12.5. The number of hydrogen-bond acceptors (Lipinski definition) is 5. The predicted molar refractivity (Wildman–Crippen MR) is 89.4 cm³/mol. The Hall–Kier alpha value is -1.93. The molecule has 114 valence electrons. The summed E-state index contributed by atoms with van der Waals surface area (Å²) in [6.45, 7) is 2.90. The number of fused-ring (bicyclic) bond motifs is 1. The SMILES string of the molecule is Cc1ncsc1CCN(C)c1nc2c(cc1C#N)CCCC2. The van der Waals surface area contributed by atoms with E-state index >= 15 is 0 Å². The zero-order valence-electron chi connectivity index (χ0n) is 13.1. The number of likely N-dealkylation sites (N-methyl/N-ethyl adjacent to an activating group) is 1. The second-order valence-corrected chi connectivity index (χ2v) is 6.76. The Morgan fingerprint density at radius 1 is 1.36 bits per heavy atom. The van der Waals surface area contributed by atoms with Crippen molar-refractivity contribution in [2.45, 2.75) is 39.0 Å². The highest BCUT2D eigenvalue weighted by molar-refractivity contribution is 7.09. The van der Waals surface area contributed by atoms with E-state index in [0.29, 0.717) is 5.56 Å². The Labute approximate surface area is 135 Å². The lowest BCUT2D eigenvalue weighted by atomic mass is 9.95. The van der Waals surface area contributed by atoms with Crippen molar-refractivity contribution in [2.75, 3.05) is 18.5 Å². The molecule has 0 spiro atoms. The third-order valence-electron chi connectivity index (χ3n) is 4.28. The molecule has 0 saturated carbocycles. The molecule has 2 heterocycles. The predicted octanol–water partition coefficient (Wildman–Crippen LogP) is 3.28. The zero-order chi connectivity index (χ0) is 15.5. The molecule has 5 heteroatoms. The summed E-state index contributed by atoms with van der Waals surface area (Å²) in [6, 6.07) is 4.36. The van der Waals surface area contributed by atoms with Crippen LogP contribution < -0.4 is 4.90 Å². The van der Waals surface area contributed by atoms with Crippen molar-refractivity contribution >= 4 is 17.2 Å². The Morgan fingerprint density at radius 2 is 2.18 bits per heavy atom. The van der Waals surface area contributed by atoms with Crippen LogP contribution in [0.1, 0.15) is 40.2 Å². The maximum Gasteiger partial charge on any atom is 0.146 e. The van der Waals surface area contributed by atoms with Crippen LogP contribution >= 0.6 is 11.3 Å². The average molecular weight is 312 g/mol. The van der Waals surface area contributed by atoms with Gasteiger partial charge in [0.25, 0.3) is 0 Å². The lowest BCUT2D eigenvalue weighted by Gasteiger charge is -2.23. The molecule has 0 aromatic carbocycles. The number of nitrogens with zero attached hydrogens (tertiary/aromatic N) is 4. The molecule has 2 aromatic heterocycles. The highest BCUT2D eigenvalue weighted by Gasteiger charge is 2.17. The van der Waals surface area contributed by atoms with Crippen LogP contribution in [0.4, 0.5) is 5.82 Å². The Kier molecular flexibility index (Phi) is 4.39. The number of hydrogen-bond donors (Lipinski definition) is 0. The Bertz CT molecular complexity index is 714. The monoisotopic (exact) mass is 312 g/mol. The number of anilines is 1. The fourth-order valence-corrected chi connectivity index (χ4v) is 3.71. The molecular formula is C17H20N4S. The molecule has 2 aromatic rings. The van der Waals surface area contributed by atoms with E-state index in [2.05, 4.69) is 16.0 Å². The molecule has 0 amide bonds. The first kappa shape index (κ1) is 15.0. The highest BCUT2D eigenvalue weighted by atomic mass is 32.1. The first-order valence-electron chi connectivity index (χ1n) is 7.72. The van der Waals surface area contributed by atoms with Gasteiger partial charge in [-0.25, -0.2) is 9.97 Å². The highest BCUT2D eigenvalue weighted by Crippen LogP contribution is 2.26. The van der Waals surface area contributed by atoms with E-state index in [0.717, 1.165) is 37.3 Å². The maximum atomic E-state index is 9.44. The van der Waals surface area contributed by atoms with Gasteiger partial charge in [0.1, 0.15) is 11.9 Å². The van der Waals surface area contributed by atoms with Gasteiger partial charge in [-0.2, -0.15) is 5.26 Å². The second kappa shape index (κ2) is 6.45. The molecule has 0 aliphatic heterocycles. The van der Waals surface area contributed by atoms with E-state index in [4.69, 9.17) is 4.98 Å². The lowest BCUT2D eigenvalue weighted by Crippen LogP contribution is -2.23. The van der Waals surface area contributed by atoms with E-state index in [1.54, 1.807) is 11.3 Å². The van der Waals surface area contributed by atoms with Crippen molar-refractivity contribution in [3.63, 3.8) is 0 Å². The molecule has 0 unspecified atom stereocenters. The summed E-state index contributed by atoms with van der Waals surface area (Å²) in [7, 11) is 2.02. The molecule has 0 atom stereocenters. The van der Waals surface area contributed by atoms with E-state index in [-0.39, 0.29) is 0 Å². The molecule has 3 rings (SSSR count). The van der Waals surface area contributed by atoms with Crippen molar-refractivity contribution in [3.05, 3.63) is 39.0 Å². The van der Waals surface area contributed by atoms with Crippen molar-refractivity contribution in [1.29, 1.82) is 5.26 Å². The van der Waals surface area contributed by atoms with Gasteiger partial charge in [-0.3, -0.25) is 0 Å². The Balaban J connectivity index is 1.80. The zero-order valence-corrected chi connectivity index (χ0v) is 13.9. The molecule has 1 aliphatic carbocycles. The summed E-state index contributed by atoms with van der Waals surface area (Å²) in [5.74, 6) is 0.824. The van der Waals surface area contributed by atoms with Crippen molar-refractivity contribution in [2.24, 2.45) is 0 Å². The second-order valence-electron chi connectivity index (χ2n) is 5.82. The Morgan fingerprint density at radius 3 is 2.91 bits per heavy atom. The number of rotatable bonds is 4. The van der Waals surface area contributed by atoms with Gasteiger partial charge in [0.2, 0.25) is 0 Å². The lowest BCUT2D eigenvalue weighted by molar-refractivity contribution is 0.665. The van der Waals surface area contributed by atoms with E-state index in [1.807, 2.05) is 25.5 Å². The van der Waals surface area contributed by atoms with Crippen LogP contribution in [0.2, 0.25) is 0 Å². The van der Waals surface area contributed by atoms with E-state index in [9.17, 15) is 5.26 Å². The van der Waals surface area contributed by atoms with Crippen molar-refractivity contribution < 1.29 is 0 Å². The molecule has 22 heavy (non-hydrogen) atoms. The molecule has 0 saturated heterocycles. The third kappa shape index (κ3) is 2.97. The van der Waals surface area contributed by atoms with Crippen LogP contribution in [-0.4, -0.2) is 23.6 Å². The number of nitriles is 1. The van der Waals surface area contributed by atoms with E-state index < -0.39 is 0 Å². The van der Waals surface area contributed by atoms with Gasteiger partial charge >= 0.3 is 0 Å². The minimum Gasteiger partial charge on any atom is -0.358 e. The van der Waals surface area contributed by atoms with Crippen LogP contribution in [-0.2, 0) is 19.3 Å². The maximum absolute atomic E-state index is 9.44. The summed E-state index contributed by atoms with van der Waals surface area (Å²) < 4.78 is 0. The fraction of sp³-hybridized carbons (Fsp3) is 0.471. The first-order valence-corrected chi connectivity index (χ1v) is 8.60. The fourth-order valence-electron chi connectivity index (χ4n) is 2.94. The topological polar surface area (TPSA) is 52.8 Å². The normalized spacial score (nSPS) is 13.5. The summed E-state index contributed by atoms with van der Waals surface area (Å²) in [5, 5.41) is 9.44. The van der Waals surface area contributed by atoms with Crippen molar-refractivity contribution in [3.8, 4) is 6.07 Å². The first-order chi connectivity index (χ1) is 10.7. The summed E-state index contributed by atoms with van der Waals surface area (Å²) >= 11 is 1.70. The average Bonchev–Trinajstić information content (AvgIpc) is 2.96. The number of aryl methyl sites for hydroxylation is 3. The van der Waals surface area contributed by atoms with Crippen molar-refractivity contribution in [1.82, 2.24) is 9.97 Å². The largest absolute Gasteiger partial charge is 0.358 e. The van der Waals surface area contributed by atoms with E-state index in [1.165, 1.54) is 29.0 Å². The van der Waals surface area contributed by atoms with Gasteiger partial charge in [0, 0.05) is 30.6 Å². The quantitative estimate of drug-likeness (QED) is 0.869. The van der Waals surface area contributed by atoms with Gasteiger partial charge in [-0.1, -0.05) is 0 Å². The number of pyridine rings is 1. The van der Waals surface area contributed by atoms with Gasteiger partial charge in [0.15, 0.2) is 0 Å². The van der Waals surface area contributed by atoms with Crippen LogP contribution in [0.5, 0.6) is 0 Å². The minimum absolute atomic E-state index is 0.698. The minimum atomic E-state index is 0.698. The van der Waals surface area contributed by atoms with Crippen LogP contribution in [0.15, 0.2) is 11.6 Å². The smallest absolute Gasteiger partial charge is 0.146 e. The number of aromatic nitrogens is 2. The van der Waals surface area contributed by atoms with Gasteiger partial charge in [-0.15, -0.1) is 11.3 Å². The molecule has 0 bridgehead atoms. The molecule has 0 N–H and O–H groups in total. The summed E-state index contributed by atoms with van der Waals surface area (Å²) in [6.07, 6.45) is 5.45. The van der Waals surface area contributed by atoms with Gasteiger partial charge < -0.3 is 4.90 Å². The van der Waals surface area contributed by atoms with Crippen LogP contribution in [0, 0.1) is 18.3 Å². The third-order valence-corrected chi connectivity index (χ3v) is 5.28.